The first-order valence-corrected chi connectivity index (χ1v) is 8.32. The summed E-state index contributed by atoms with van der Waals surface area (Å²) in [5.74, 6) is -6.55. The van der Waals surface area contributed by atoms with Crippen LogP contribution in [0, 0.1) is 11.8 Å². The predicted octanol–water partition coefficient (Wildman–Crippen LogP) is 0.816. The molecule has 2 atom stereocenters. The Kier molecular flexibility index (Phi) is 8.16. The van der Waals surface area contributed by atoms with E-state index in [0.717, 1.165) is 32.4 Å². The van der Waals surface area contributed by atoms with Gasteiger partial charge in [0.2, 0.25) is 11.8 Å². The Hall–Kier alpha value is -3.11. The normalized spacial score (nSPS) is 13.3. The minimum Gasteiger partial charge on any atom is -0.468 e. The van der Waals surface area contributed by atoms with E-state index in [1.807, 2.05) is 0 Å². The second kappa shape index (κ2) is 9.89. The van der Waals surface area contributed by atoms with Gasteiger partial charge in [-0.1, -0.05) is 25.1 Å². The molecule has 0 spiro atoms. The van der Waals surface area contributed by atoms with Crippen molar-refractivity contribution in [3.05, 3.63) is 35.4 Å². The number of carbonyl (C=O) groups is 4. The third-order valence-electron chi connectivity index (χ3n) is 4.20. The molecule has 0 bridgehead atoms. The van der Waals surface area contributed by atoms with Crippen molar-refractivity contribution >= 4 is 23.8 Å². The van der Waals surface area contributed by atoms with E-state index < -0.39 is 59.8 Å². The summed E-state index contributed by atoms with van der Waals surface area (Å²) in [5.41, 5.74) is 4.39. The van der Waals surface area contributed by atoms with Crippen LogP contribution in [0.1, 0.15) is 18.1 Å². The number of carbonyl (C=O) groups excluding carboxylic acids is 4. The highest BCUT2D eigenvalue weighted by molar-refractivity contribution is 5.97. The average molecular weight is 418 g/mol. The Morgan fingerprint density at radius 2 is 1.66 bits per heavy atom. The van der Waals surface area contributed by atoms with Crippen molar-refractivity contribution in [2.45, 2.75) is 25.6 Å². The van der Waals surface area contributed by atoms with Crippen molar-refractivity contribution in [2.75, 3.05) is 14.2 Å². The van der Waals surface area contributed by atoms with Crippen LogP contribution in [-0.4, -0.2) is 44.0 Å². The Labute approximate surface area is 164 Å². The highest BCUT2D eigenvalue weighted by atomic mass is 19.4. The number of primary amides is 1. The fourth-order valence-corrected chi connectivity index (χ4v) is 2.70. The molecule has 1 aromatic carbocycles. The molecule has 2 amide bonds. The standard InChI is InChI=1S/C18H21F3N2O6/c1-9(13(16(26)28-2)17(27)29-3)14(15(22)25)23-12(24)8-10-5-4-6-11(7-10)18(19,20)21/h4-7,9,13-14H,8H2,1-3H3,(H2,22,25)(H,23,24)/t9-,14+/m1/s1. The second-order valence-electron chi connectivity index (χ2n) is 6.21. The van der Waals surface area contributed by atoms with Gasteiger partial charge in [0.25, 0.3) is 0 Å². The Morgan fingerprint density at radius 3 is 2.10 bits per heavy atom. The summed E-state index contributed by atoms with van der Waals surface area (Å²) < 4.78 is 47.4. The molecule has 0 aliphatic heterocycles. The van der Waals surface area contributed by atoms with Crippen LogP contribution < -0.4 is 11.1 Å². The van der Waals surface area contributed by atoms with E-state index in [2.05, 4.69) is 14.8 Å². The number of hydrogen-bond donors (Lipinski definition) is 2. The van der Waals surface area contributed by atoms with Crippen LogP contribution >= 0.6 is 0 Å². The highest BCUT2D eigenvalue weighted by Gasteiger charge is 2.41. The first kappa shape index (κ1) is 23.9. The topological polar surface area (TPSA) is 125 Å². The second-order valence-corrected chi connectivity index (χ2v) is 6.21. The molecule has 1 aromatic rings. The summed E-state index contributed by atoms with van der Waals surface area (Å²) in [4.78, 5) is 47.8. The SMILES string of the molecule is COC(=O)C(C(=O)OC)[C@@H](C)[C@H](NC(=O)Cc1cccc(C(F)(F)F)c1)C(N)=O. The van der Waals surface area contributed by atoms with E-state index in [-0.39, 0.29) is 5.56 Å². The quantitative estimate of drug-likeness (QED) is 0.476. The molecule has 8 nitrogen and oxygen atoms in total. The Bertz CT molecular complexity index is 765. The summed E-state index contributed by atoms with van der Waals surface area (Å²) >= 11 is 0. The predicted molar refractivity (Wildman–Crippen MR) is 93.0 cm³/mol. The summed E-state index contributed by atoms with van der Waals surface area (Å²) in [6, 6.07) is 2.63. The van der Waals surface area contributed by atoms with E-state index >= 15 is 0 Å². The summed E-state index contributed by atoms with van der Waals surface area (Å²) in [7, 11) is 2.05. The number of nitrogens with two attached hydrogens (primary N) is 1. The summed E-state index contributed by atoms with van der Waals surface area (Å²) in [6.45, 7) is 1.30. The number of esters is 2. The van der Waals surface area contributed by atoms with Crippen LogP contribution in [0.3, 0.4) is 0 Å². The van der Waals surface area contributed by atoms with Crippen LogP contribution in [0.4, 0.5) is 13.2 Å². The molecule has 0 aliphatic rings. The minimum absolute atomic E-state index is 0.0469. The van der Waals surface area contributed by atoms with Gasteiger partial charge >= 0.3 is 18.1 Å². The van der Waals surface area contributed by atoms with Gasteiger partial charge < -0.3 is 20.5 Å². The van der Waals surface area contributed by atoms with Crippen molar-refractivity contribution in [1.29, 1.82) is 0 Å². The molecular formula is C18H21F3N2O6. The fourth-order valence-electron chi connectivity index (χ4n) is 2.70. The lowest BCUT2D eigenvalue weighted by atomic mass is 9.86. The summed E-state index contributed by atoms with van der Waals surface area (Å²) in [5, 5.41) is 2.25. The van der Waals surface area contributed by atoms with Crippen molar-refractivity contribution in [2.24, 2.45) is 17.6 Å². The lowest BCUT2D eigenvalue weighted by Gasteiger charge is -2.26. The van der Waals surface area contributed by atoms with Crippen molar-refractivity contribution < 1.29 is 41.8 Å². The first-order chi connectivity index (χ1) is 13.4. The van der Waals surface area contributed by atoms with E-state index in [1.54, 1.807) is 0 Å². The van der Waals surface area contributed by atoms with E-state index in [1.165, 1.54) is 13.0 Å². The van der Waals surface area contributed by atoms with E-state index in [0.29, 0.717) is 0 Å². The smallest absolute Gasteiger partial charge is 0.416 e. The number of amides is 2. The van der Waals surface area contributed by atoms with Gasteiger partial charge in [-0.15, -0.1) is 0 Å². The number of hydrogen-bond acceptors (Lipinski definition) is 6. The van der Waals surface area contributed by atoms with Gasteiger partial charge in [-0.3, -0.25) is 19.2 Å². The van der Waals surface area contributed by atoms with Crippen LogP contribution in [0.5, 0.6) is 0 Å². The van der Waals surface area contributed by atoms with Crippen molar-refractivity contribution in [3.63, 3.8) is 0 Å². The average Bonchev–Trinajstić information content (AvgIpc) is 2.64. The highest BCUT2D eigenvalue weighted by Crippen LogP contribution is 2.29. The lowest BCUT2D eigenvalue weighted by Crippen LogP contribution is -2.53. The molecule has 160 valence electrons. The van der Waals surface area contributed by atoms with Gasteiger partial charge in [0.15, 0.2) is 5.92 Å². The largest absolute Gasteiger partial charge is 0.468 e. The molecule has 0 radical (unpaired) electrons. The number of ether oxygens (including phenoxy) is 2. The number of alkyl halides is 3. The number of rotatable bonds is 8. The maximum atomic E-state index is 12.8. The molecular weight excluding hydrogens is 397 g/mol. The maximum absolute atomic E-state index is 12.8. The van der Waals surface area contributed by atoms with Crippen LogP contribution in [0.2, 0.25) is 0 Å². The third kappa shape index (κ3) is 6.47. The fraction of sp³-hybridized carbons (Fsp3) is 0.444. The van der Waals surface area contributed by atoms with Gasteiger partial charge in [0.05, 0.1) is 26.2 Å². The van der Waals surface area contributed by atoms with Crippen LogP contribution in [0.15, 0.2) is 24.3 Å². The Morgan fingerprint density at radius 1 is 1.10 bits per heavy atom. The van der Waals surface area contributed by atoms with Gasteiger partial charge in [-0.2, -0.15) is 13.2 Å². The molecule has 0 saturated heterocycles. The van der Waals surface area contributed by atoms with Gasteiger partial charge in [-0.05, 0) is 11.6 Å². The summed E-state index contributed by atoms with van der Waals surface area (Å²) in [6.07, 6.45) is -5.06. The molecule has 11 heteroatoms. The maximum Gasteiger partial charge on any atom is 0.416 e. The monoisotopic (exact) mass is 418 g/mol. The molecule has 3 N–H and O–H groups in total. The molecule has 0 unspecified atom stereocenters. The molecule has 0 heterocycles. The number of nitrogens with one attached hydrogen (secondary N) is 1. The van der Waals surface area contributed by atoms with Crippen molar-refractivity contribution in [3.8, 4) is 0 Å². The minimum atomic E-state index is -4.58. The van der Waals surface area contributed by atoms with E-state index in [9.17, 15) is 32.3 Å². The molecule has 1 rings (SSSR count). The van der Waals surface area contributed by atoms with Crippen LogP contribution in [0.25, 0.3) is 0 Å². The lowest BCUT2D eigenvalue weighted by molar-refractivity contribution is -0.162. The number of halogens is 3. The molecule has 0 fully saturated rings. The molecule has 29 heavy (non-hydrogen) atoms. The molecule has 0 aliphatic carbocycles. The number of methoxy groups -OCH3 is 2. The first-order valence-electron chi connectivity index (χ1n) is 8.32. The van der Waals surface area contributed by atoms with Gasteiger partial charge in [0.1, 0.15) is 6.04 Å². The van der Waals surface area contributed by atoms with Crippen molar-refractivity contribution in [1.82, 2.24) is 5.32 Å². The van der Waals surface area contributed by atoms with Gasteiger partial charge in [0, 0.05) is 5.92 Å². The van der Waals surface area contributed by atoms with E-state index in [4.69, 9.17) is 5.73 Å². The van der Waals surface area contributed by atoms with Crippen LogP contribution in [-0.2, 0) is 41.2 Å². The number of benzene rings is 1. The zero-order valence-corrected chi connectivity index (χ0v) is 15.9. The zero-order valence-electron chi connectivity index (χ0n) is 15.9. The third-order valence-corrected chi connectivity index (χ3v) is 4.20. The van der Waals surface area contributed by atoms with Gasteiger partial charge in [-0.25, -0.2) is 0 Å². The zero-order chi connectivity index (χ0) is 22.4. The molecule has 0 saturated carbocycles. The molecule has 0 aromatic heterocycles. The Balaban J connectivity index is 3.01.